The Morgan fingerprint density at radius 3 is 2.47 bits per heavy atom. The van der Waals surface area contributed by atoms with Crippen LogP contribution in [0.25, 0.3) is 0 Å². The summed E-state index contributed by atoms with van der Waals surface area (Å²) in [5, 5.41) is 10.0. The lowest BCUT2D eigenvalue weighted by atomic mass is 10.0. The first-order valence-corrected chi connectivity index (χ1v) is 10.0. The van der Waals surface area contributed by atoms with Gasteiger partial charge < -0.3 is 14.3 Å². The van der Waals surface area contributed by atoms with Crippen LogP contribution in [0.3, 0.4) is 0 Å². The van der Waals surface area contributed by atoms with E-state index in [0.29, 0.717) is 0 Å². The Bertz CT molecular complexity index is 348. The van der Waals surface area contributed by atoms with Crippen LogP contribution in [0.4, 0.5) is 0 Å². The zero-order valence-corrected chi connectivity index (χ0v) is 14.2. The molecule has 0 aromatic carbocycles. The minimum absolute atomic E-state index is 0.0243. The molecule has 0 aromatic rings. The summed E-state index contributed by atoms with van der Waals surface area (Å²) in [7, 11) is -1.77. The first-order valence-electron chi connectivity index (χ1n) is 6.02. The van der Waals surface area contributed by atoms with Crippen LogP contribution in [-0.2, 0) is 9.16 Å². The normalized spacial score (nSPS) is 37.5. The molecule has 1 aliphatic heterocycles. The predicted octanol–water partition coefficient (Wildman–Crippen LogP) is 2.84. The second-order valence-electron chi connectivity index (χ2n) is 6.40. The number of ether oxygens (including phenoxy) is 1. The Hall–Kier alpha value is 0.567. The standard InChI is InChI=1S/C12H21IO3Si/c1-12(2,3)17(4,5)16-8-6-7(13)9(14)11-10(8)15-11/h6,8-11,14H,1-5H3/t8-,9?,10+,11-/m0/s1. The maximum Gasteiger partial charge on any atom is 0.193 e. The van der Waals surface area contributed by atoms with E-state index in [1.165, 1.54) is 0 Å². The number of hydrogen-bond donors (Lipinski definition) is 1. The molecule has 1 aliphatic carbocycles. The molecule has 0 saturated carbocycles. The third-order valence-corrected chi connectivity index (χ3v) is 9.51. The van der Waals surface area contributed by atoms with Crippen molar-refractivity contribution < 1.29 is 14.3 Å². The summed E-state index contributed by atoms with van der Waals surface area (Å²) in [6.45, 7) is 11.2. The molecule has 1 heterocycles. The molecule has 2 aliphatic rings. The third-order valence-electron chi connectivity index (χ3n) is 4.04. The summed E-state index contributed by atoms with van der Waals surface area (Å²) < 4.78 is 12.8. The fraction of sp³-hybridized carbons (Fsp3) is 0.833. The van der Waals surface area contributed by atoms with Gasteiger partial charge in [0.1, 0.15) is 18.3 Å². The fourth-order valence-corrected chi connectivity index (χ4v) is 3.72. The molecular formula is C12H21IO3Si. The molecule has 1 fully saturated rings. The van der Waals surface area contributed by atoms with Crippen LogP contribution in [0.5, 0.6) is 0 Å². The molecule has 0 radical (unpaired) electrons. The second kappa shape index (κ2) is 4.30. The van der Waals surface area contributed by atoms with Crippen LogP contribution in [0, 0.1) is 0 Å². The summed E-state index contributed by atoms with van der Waals surface area (Å²) in [6, 6.07) is 0. The molecule has 3 nitrogen and oxygen atoms in total. The van der Waals surface area contributed by atoms with Gasteiger partial charge in [-0.15, -0.1) is 0 Å². The second-order valence-corrected chi connectivity index (χ2v) is 12.4. The zero-order valence-electron chi connectivity index (χ0n) is 11.0. The quantitative estimate of drug-likeness (QED) is 0.463. The Morgan fingerprint density at radius 2 is 1.94 bits per heavy atom. The Morgan fingerprint density at radius 1 is 1.35 bits per heavy atom. The highest BCUT2D eigenvalue weighted by Crippen LogP contribution is 2.44. The molecule has 0 amide bonds. The van der Waals surface area contributed by atoms with Crippen molar-refractivity contribution in [3.05, 3.63) is 9.66 Å². The van der Waals surface area contributed by atoms with E-state index in [1.807, 2.05) is 6.08 Å². The number of halogens is 1. The van der Waals surface area contributed by atoms with Crippen LogP contribution in [0.1, 0.15) is 20.8 Å². The van der Waals surface area contributed by atoms with Crippen molar-refractivity contribution >= 4 is 30.9 Å². The molecule has 98 valence electrons. The summed E-state index contributed by atoms with van der Waals surface area (Å²) in [4.78, 5) is 0. The van der Waals surface area contributed by atoms with Crippen LogP contribution in [0.2, 0.25) is 18.1 Å². The zero-order chi connectivity index (χ0) is 13.0. The van der Waals surface area contributed by atoms with E-state index in [-0.39, 0.29) is 23.4 Å². The SMILES string of the molecule is CC(C)(C)[Si](C)(C)O[C@H]1C=C(I)C(O)[C@@H]2O[C@H]12. The lowest BCUT2D eigenvalue weighted by molar-refractivity contribution is 0.174. The fourth-order valence-electron chi connectivity index (χ4n) is 1.78. The molecule has 0 spiro atoms. The summed E-state index contributed by atoms with van der Waals surface area (Å²) in [6.07, 6.45) is 1.63. The maximum absolute atomic E-state index is 9.82. The molecule has 1 N–H and O–H groups in total. The highest BCUT2D eigenvalue weighted by atomic mass is 127. The summed E-state index contributed by atoms with van der Waals surface area (Å²) in [5.41, 5.74) is 0. The van der Waals surface area contributed by atoms with Gasteiger partial charge >= 0.3 is 0 Å². The smallest absolute Gasteiger partial charge is 0.193 e. The molecule has 0 bridgehead atoms. The van der Waals surface area contributed by atoms with Gasteiger partial charge in [0, 0.05) is 3.58 Å². The van der Waals surface area contributed by atoms with Crippen LogP contribution >= 0.6 is 22.6 Å². The number of aliphatic hydroxyl groups is 1. The lowest BCUT2D eigenvalue weighted by Gasteiger charge is -2.39. The highest BCUT2D eigenvalue weighted by molar-refractivity contribution is 14.1. The third kappa shape index (κ3) is 2.63. The van der Waals surface area contributed by atoms with E-state index in [1.54, 1.807) is 0 Å². The molecule has 4 atom stereocenters. The monoisotopic (exact) mass is 368 g/mol. The number of fused-ring (bicyclic) bond motifs is 1. The van der Waals surface area contributed by atoms with Gasteiger partial charge in [0.2, 0.25) is 0 Å². The minimum atomic E-state index is -1.77. The van der Waals surface area contributed by atoms with Gasteiger partial charge in [-0.25, -0.2) is 0 Å². The van der Waals surface area contributed by atoms with Crippen LogP contribution in [-0.4, -0.2) is 37.8 Å². The van der Waals surface area contributed by atoms with E-state index in [2.05, 4.69) is 56.5 Å². The molecule has 17 heavy (non-hydrogen) atoms. The lowest BCUT2D eigenvalue weighted by Crippen LogP contribution is -2.46. The van der Waals surface area contributed by atoms with Gasteiger partial charge in [0.15, 0.2) is 8.32 Å². The number of hydrogen-bond acceptors (Lipinski definition) is 3. The van der Waals surface area contributed by atoms with E-state index >= 15 is 0 Å². The number of rotatable bonds is 2. The van der Waals surface area contributed by atoms with Crippen molar-refractivity contribution in [1.82, 2.24) is 0 Å². The first kappa shape index (κ1) is 14.0. The van der Waals surface area contributed by atoms with E-state index in [0.717, 1.165) is 3.58 Å². The van der Waals surface area contributed by atoms with Crippen molar-refractivity contribution in [1.29, 1.82) is 0 Å². The summed E-state index contributed by atoms with van der Waals surface area (Å²) in [5.74, 6) is 0. The first-order chi connectivity index (χ1) is 7.63. The van der Waals surface area contributed by atoms with Gasteiger partial charge in [-0.05, 0) is 46.8 Å². The van der Waals surface area contributed by atoms with Crippen molar-refractivity contribution in [2.45, 2.75) is 63.3 Å². The van der Waals surface area contributed by atoms with Crippen LogP contribution < -0.4 is 0 Å². The van der Waals surface area contributed by atoms with Gasteiger partial charge in [0.25, 0.3) is 0 Å². The van der Waals surface area contributed by atoms with Crippen molar-refractivity contribution in [3.8, 4) is 0 Å². The minimum Gasteiger partial charge on any atom is -0.408 e. The number of epoxide rings is 1. The molecule has 2 rings (SSSR count). The Kier molecular flexibility index (Phi) is 3.54. The largest absolute Gasteiger partial charge is 0.408 e. The van der Waals surface area contributed by atoms with Gasteiger partial charge in [0.05, 0.1) is 6.10 Å². The average molecular weight is 368 g/mol. The van der Waals surface area contributed by atoms with E-state index < -0.39 is 14.4 Å². The van der Waals surface area contributed by atoms with Crippen molar-refractivity contribution in [2.24, 2.45) is 0 Å². The molecule has 0 aromatic heterocycles. The van der Waals surface area contributed by atoms with E-state index in [9.17, 15) is 5.11 Å². The molecular weight excluding hydrogens is 347 g/mol. The highest BCUT2D eigenvalue weighted by Gasteiger charge is 2.55. The average Bonchev–Trinajstić information content (AvgIpc) is 2.91. The van der Waals surface area contributed by atoms with Gasteiger partial charge in [-0.2, -0.15) is 0 Å². The van der Waals surface area contributed by atoms with Crippen LogP contribution in [0.15, 0.2) is 9.66 Å². The Balaban J connectivity index is 2.11. The number of aliphatic hydroxyl groups excluding tert-OH is 1. The van der Waals surface area contributed by atoms with E-state index in [4.69, 9.17) is 9.16 Å². The maximum atomic E-state index is 9.82. The molecule has 1 saturated heterocycles. The van der Waals surface area contributed by atoms with Gasteiger partial charge in [-0.3, -0.25) is 0 Å². The topological polar surface area (TPSA) is 42.0 Å². The predicted molar refractivity (Wildman–Crippen MR) is 78.8 cm³/mol. The summed E-state index contributed by atoms with van der Waals surface area (Å²) >= 11 is 2.18. The molecule has 5 heteroatoms. The Labute approximate surface area is 118 Å². The van der Waals surface area contributed by atoms with Gasteiger partial charge in [-0.1, -0.05) is 20.8 Å². The molecule has 1 unspecified atom stereocenters. The van der Waals surface area contributed by atoms with Crippen molar-refractivity contribution in [3.63, 3.8) is 0 Å². The van der Waals surface area contributed by atoms with Crippen molar-refractivity contribution in [2.75, 3.05) is 0 Å².